The molecule has 2 aliphatic rings. The van der Waals surface area contributed by atoms with Crippen LogP contribution >= 0.6 is 24.0 Å². The Labute approximate surface area is 145 Å². The van der Waals surface area contributed by atoms with Crippen LogP contribution in [0.4, 0.5) is 0 Å². The van der Waals surface area contributed by atoms with E-state index >= 15 is 0 Å². The molecule has 0 spiro atoms. The van der Waals surface area contributed by atoms with Crippen molar-refractivity contribution < 1.29 is 4.79 Å². The first-order valence-corrected chi connectivity index (χ1v) is 7.53. The van der Waals surface area contributed by atoms with E-state index in [1.54, 1.807) is 6.92 Å². The number of guanidine groups is 1. The van der Waals surface area contributed by atoms with Gasteiger partial charge in [-0.15, -0.1) is 24.0 Å². The summed E-state index contributed by atoms with van der Waals surface area (Å²) in [7, 11) is 4.01. The molecule has 1 amide bonds. The maximum absolute atomic E-state index is 11.3. The van der Waals surface area contributed by atoms with E-state index in [9.17, 15) is 4.79 Å². The van der Waals surface area contributed by atoms with Gasteiger partial charge in [0.25, 0.3) is 0 Å². The second-order valence-electron chi connectivity index (χ2n) is 5.68. The smallest absolute Gasteiger partial charge is 0.219 e. The van der Waals surface area contributed by atoms with Gasteiger partial charge in [-0.3, -0.25) is 9.79 Å². The van der Waals surface area contributed by atoms with Gasteiger partial charge in [-0.2, -0.15) is 0 Å². The third kappa shape index (κ3) is 5.61. The largest absolute Gasteiger partial charge is 0.355 e. The molecule has 1 saturated carbocycles. The number of carbonyl (C=O) groups excluding carboxylic acids is 1. The minimum Gasteiger partial charge on any atom is -0.355 e. The predicted octanol–water partition coefficient (Wildman–Crippen LogP) is 0.438. The fraction of sp³-hybridized carbons (Fsp3) is 0.857. The number of piperazine rings is 1. The highest BCUT2D eigenvalue weighted by Crippen LogP contribution is 2.24. The zero-order valence-corrected chi connectivity index (χ0v) is 15.7. The summed E-state index contributed by atoms with van der Waals surface area (Å²) in [5.41, 5.74) is 0. The van der Waals surface area contributed by atoms with E-state index < -0.39 is 0 Å². The van der Waals surface area contributed by atoms with Crippen LogP contribution < -0.4 is 5.32 Å². The molecule has 1 aliphatic heterocycles. The van der Waals surface area contributed by atoms with Crippen molar-refractivity contribution in [3.05, 3.63) is 0 Å². The molecule has 2 rings (SSSR count). The molecule has 0 aromatic carbocycles. The summed E-state index contributed by atoms with van der Waals surface area (Å²) in [4.78, 5) is 22.2. The Morgan fingerprint density at radius 2 is 1.81 bits per heavy atom. The van der Waals surface area contributed by atoms with Gasteiger partial charge >= 0.3 is 0 Å². The van der Waals surface area contributed by atoms with E-state index in [4.69, 9.17) is 0 Å². The summed E-state index contributed by atoms with van der Waals surface area (Å²) in [5, 5.41) is 3.43. The van der Waals surface area contributed by atoms with E-state index in [0.29, 0.717) is 0 Å². The highest BCUT2D eigenvalue weighted by molar-refractivity contribution is 14.0. The molecule has 7 heteroatoms. The highest BCUT2D eigenvalue weighted by atomic mass is 127. The van der Waals surface area contributed by atoms with Gasteiger partial charge in [0.1, 0.15) is 0 Å². The molecule has 6 nitrogen and oxygen atoms in total. The number of aliphatic imine (C=N–C) groups is 1. The van der Waals surface area contributed by atoms with Crippen molar-refractivity contribution in [3.8, 4) is 0 Å². The summed E-state index contributed by atoms with van der Waals surface area (Å²) in [6.07, 6.45) is 2.69. The monoisotopic (exact) mass is 409 g/mol. The van der Waals surface area contributed by atoms with E-state index in [2.05, 4.69) is 27.2 Å². The molecule has 0 bridgehead atoms. The number of carbonyl (C=O) groups is 1. The quantitative estimate of drug-likeness (QED) is 0.416. The van der Waals surface area contributed by atoms with Crippen LogP contribution in [0, 0.1) is 0 Å². The fourth-order valence-corrected chi connectivity index (χ4v) is 2.61. The van der Waals surface area contributed by atoms with E-state index in [1.807, 2.05) is 11.9 Å². The van der Waals surface area contributed by atoms with Crippen molar-refractivity contribution in [2.24, 2.45) is 4.99 Å². The Bertz CT molecular complexity index is 364. The first-order valence-electron chi connectivity index (χ1n) is 7.53. The maximum atomic E-state index is 11.3. The lowest BCUT2D eigenvalue weighted by atomic mass is 10.3. The standard InChI is InChI=1S/C14H27N5O.HI/c1-12(20)18-8-10-19(11-9-18)14(15-2)16-6-7-17(3)13-4-5-13;/h13H,4-11H2,1-3H3,(H,15,16);1H. The zero-order valence-electron chi connectivity index (χ0n) is 13.3. The molecule has 0 aromatic rings. The number of hydrogen-bond donors (Lipinski definition) is 1. The van der Waals surface area contributed by atoms with Gasteiger partial charge < -0.3 is 20.0 Å². The third-order valence-corrected chi connectivity index (χ3v) is 4.15. The summed E-state index contributed by atoms with van der Waals surface area (Å²) in [6.45, 7) is 6.91. The number of nitrogens with zero attached hydrogens (tertiary/aromatic N) is 4. The number of likely N-dealkylation sites (N-methyl/N-ethyl adjacent to an activating group) is 1. The molecule has 1 heterocycles. The van der Waals surface area contributed by atoms with Crippen molar-refractivity contribution >= 4 is 35.8 Å². The first kappa shape index (κ1) is 18.5. The Kier molecular flexibility index (Phi) is 7.72. The average Bonchev–Trinajstić information content (AvgIpc) is 3.28. The van der Waals surface area contributed by atoms with Crippen LogP contribution in [0.5, 0.6) is 0 Å². The molecule has 21 heavy (non-hydrogen) atoms. The van der Waals surface area contributed by atoms with Crippen LogP contribution in [0.25, 0.3) is 0 Å². The Balaban J connectivity index is 0.00000220. The minimum absolute atomic E-state index is 0. The van der Waals surface area contributed by atoms with Crippen molar-refractivity contribution in [1.82, 2.24) is 20.0 Å². The van der Waals surface area contributed by atoms with Crippen molar-refractivity contribution in [2.45, 2.75) is 25.8 Å². The molecule has 1 aliphatic carbocycles. The highest BCUT2D eigenvalue weighted by Gasteiger charge is 2.26. The Morgan fingerprint density at radius 1 is 1.24 bits per heavy atom. The third-order valence-electron chi connectivity index (χ3n) is 4.15. The summed E-state index contributed by atoms with van der Waals surface area (Å²) >= 11 is 0. The van der Waals surface area contributed by atoms with Gasteiger partial charge in [0.2, 0.25) is 5.91 Å². The molecule has 1 saturated heterocycles. The zero-order chi connectivity index (χ0) is 14.5. The fourth-order valence-electron chi connectivity index (χ4n) is 2.61. The summed E-state index contributed by atoms with van der Waals surface area (Å²) in [5.74, 6) is 1.12. The van der Waals surface area contributed by atoms with Crippen LogP contribution in [-0.2, 0) is 4.79 Å². The van der Waals surface area contributed by atoms with E-state index in [0.717, 1.165) is 51.3 Å². The molecular formula is C14H28IN5O. The topological polar surface area (TPSA) is 51.2 Å². The maximum Gasteiger partial charge on any atom is 0.219 e. The molecule has 0 unspecified atom stereocenters. The van der Waals surface area contributed by atoms with Crippen molar-refractivity contribution in [2.75, 3.05) is 53.4 Å². The number of nitrogens with one attached hydrogen (secondary N) is 1. The van der Waals surface area contributed by atoms with Crippen LogP contribution in [0.3, 0.4) is 0 Å². The minimum atomic E-state index is 0. The second-order valence-corrected chi connectivity index (χ2v) is 5.68. The molecule has 2 fully saturated rings. The van der Waals surface area contributed by atoms with Crippen LogP contribution in [0.1, 0.15) is 19.8 Å². The molecular weight excluding hydrogens is 381 g/mol. The molecule has 0 atom stereocenters. The van der Waals surface area contributed by atoms with Crippen molar-refractivity contribution in [3.63, 3.8) is 0 Å². The SMILES string of the molecule is CN=C(NCCN(C)C1CC1)N1CCN(C(C)=O)CC1.I. The Hall–Kier alpha value is -0.570. The van der Waals surface area contributed by atoms with Gasteiger partial charge in [-0.05, 0) is 19.9 Å². The number of amides is 1. The molecule has 0 aromatic heterocycles. The Morgan fingerprint density at radius 3 is 2.29 bits per heavy atom. The number of rotatable bonds is 4. The van der Waals surface area contributed by atoms with Crippen LogP contribution in [0.15, 0.2) is 4.99 Å². The van der Waals surface area contributed by atoms with Crippen molar-refractivity contribution in [1.29, 1.82) is 0 Å². The summed E-state index contributed by atoms with van der Waals surface area (Å²) in [6, 6.07) is 0.804. The lowest BCUT2D eigenvalue weighted by Crippen LogP contribution is -2.54. The summed E-state index contributed by atoms with van der Waals surface area (Å²) < 4.78 is 0. The first-order chi connectivity index (χ1) is 9.61. The van der Waals surface area contributed by atoms with Gasteiger partial charge in [0.05, 0.1) is 0 Å². The van der Waals surface area contributed by atoms with E-state index in [-0.39, 0.29) is 29.9 Å². The normalized spacial score (nSPS) is 19.5. The lowest BCUT2D eigenvalue weighted by molar-refractivity contribution is -0.130. The van der Waals surface area contributed by atoms with Crippen LogP contribution in [-0.4, -0.2) is 86.0 Å². The van der Waals surface area contributed by atoms with Crippen LogP contribution in [0.2, 0.25) is 0 Å². The number of halogens is 1. The van der Waals surface area contributed by atoms with Gasteiger partial charge in [0, 0.05) is 59.3 Å². The van der Waals surface area contributed by atoms with Gasteiger partial charge in [-0.25, -0.2) is 0 Å². The average molecular weight is 409 g/mol. The molecule has 122 valence electrons. The predicted molar refractivity (Wildman–Crippen MR) is 96.3 cm³/mol. The molecule has 0 radical (unpaired) electrons. The lowest BCUT2D eigenvalue weighted by Gasteiger charge is -2.36. The van der Waals surface area contributed by atoms with E-state index in [1.165, 1.54) is 12.8 Å². The van der Waals surface area contributed by atoms with Gasteiger partial charge in [-0.1, -0.05) is 0 Å². The molecule has 1 N–H and O–H groups in total. The van der Waals surface area contributed by atoms with Gasteiger partial charge in [0.15, 0.2) is 5.96 Å². The number of hydrogen-bond acceptors (Lipinski definition) is 3. The second kappa shape index (κ2) is 8.77.